The summed E-state index contributed by atoms with van der Waals surface area (Å²) in [6, 6.07) is 0. The first-order valence-corrected chi connectivity index (χ1v) is 21.9. The smallest absolute Gasteiger partial charge is 0.308 e. The molecule has 7 fully saturated rings. The van der Waals surface area contributed by atoms with Crippen molar-refractivity contribution in [2.75, 3.05) is 48.8 Å². The molecule has 0 spiro atoms. The first-order chi connectivity index (χ1) is 28.3. The van der Waals surface area contributed by atoms with Crippen LogP contribution in [0.15, 0.2) is 0 Å². The predicted octanol–water partition coefficient (Wildman–Crippen LogP) is 3.20. The summed E-state index contributed by atoms with van der Waals surface area (Å²) in [7, 11) is 7.90. The van der Waals surface area contributed by atoms with Crippen molar-refractivity contribution >= 4 is 11.9 Å². The second-order valence-electron chi connectivity index (χ2n) is 18.4. The van der Waals surface area contributed by atoms with Gasteiger partial charge in [0.25, 0.3) is 0 Å². The van der Waals surface area contributed by atoms with Gasteiger partial charge in [0, 0.05) is 73.1 Å². The number of aliphatic hydroxyl groups is 1. The van der Waals surface area contributed by atoms with Gasteiger partial charge in [-0.25, -0.2) is 0 Å². The number of cyclic esters (lactones) is 2. The van der Waals surface area contributed by atoms with Crippen LogP contribution in [0, 0.1) is 35.5 Å². The van der Waals surface area contributed by atoms with Crippen LogP contribution in [0.1, 0.15) is 79.1 Å². The topological polar surface area (TPSA) is 174 Å². The standard InChI is InChI=1S/C43H70O16/c1-20-10-26(20)33-14-24-12-29(58-42-40(50-8)38(48-6)28(44)18-52-42)22(3)31(54-24)16-36(45)57-34(27-11-21(27)2)15-25-13-30(23(4)32(55-25)17-37(46)56-33)59-43-41(51-9)39(49-7)35(47-5)19-53-43/h20-35,38-44H,10-19H2,1-9H3/t20-,21+,22-,23-,24+,25+,26-,27+,28-,29+,30+,31+,32+,33+,34+,35-,38+,39+,40-,41-,42+,43+/m1/s1. The van der Waals surface area contributed by atoms with Crippen LogP contribution < -0.4 is 0 Å². The summed E-state index contributed by atoms with van der Waals surface area (Å²) in [5.41, 5.74) is 0. The highest BCUT2D eigenvalue weighted by atomic mass is 16.7. The van der Waals surface area contributed by atoms with Crippen molar-refractivity contribution in [3.63, 3.8) is 0 Å². The average molecular weight is 843 g/mol. The lowest BCUT2D eigenvalue weighted by Crippen LogP contribution is -2.58. The molecule has 0 radical (unpaired) electrons. The Morgan fingerprint density at radius 2 is 0.932 bits per heavy atom. The normalized spacial score (nSPS) is 49.7. The summed E-state index contributed by atoms with van der Waals surface area (Å²) >= 11 is 0. The largest absolute Gasteiger partial charge is 0.462 e. The van der Waals surface area contributed by atoms with Gasteiger partial charge < -0.3 is 66.7 Å². The Balaban J connectivity index is 1.13. The Morgan fingerprint density at radius 3 is 1.34 bits per heavy atom. The van der Waals surface area contributed by atoms with E-state index in [9.17, 15) is 14.7 Å². The molecule has 2 saturated carbocycles. The fourth-order valence-corrected chi connectivity index (χ4v) is 10.4. The van der Waals surface area contributed by atoms with E-state index in [4.69, 9.17) is 61.6 Å². The summed E-state index contributed by atoms with van der Waals surface area (Å²) in [5.74, 6) is 0.0298. The molecule has 5 heterocycles. The van der Waals surface area contributed by atoms with Gasteiger partial charge in [-0.3, -0.25) is 9.59 Å². The van der Waals surface area contributed by atoms with E-state index >= 15 is 0 Å². The molecule has 338 valence electrons. The molecule has 0 unspecified atom stereocenters. The fraction of sp³-hybridized carbons (Fsp3) is 0.953. The molecule has 7 aliphatic rings. The molecule has 7 rings (SSSR count). The molecular weight excluding hydrogens is 772 g/mol. The lowest BCUT2D eigenvalue weighted by molar-refractivity contribution is -0.309. The van der Waals surface area contributed by atoms with Gasteiger partial charge in [-0.05, 0) is 36.5 Å². The molecule has 22 atom stereocenters. The summed E-state index contributed by atoms with van der Waals surface area (Å²) in [6.45, 7) is 8.67. The second kappa shape index (κ2) is 19.9. The quantitative estimate of drug-likeness (QED) is 0.300. The lowest BCUT2D eigenvalue weighted by atomic mass is 9.85. The highest BCUT2D eigenvalue weighted by Crippen LogP contribution is 2.47. The first-order valence-electron chi connectivity index (χ1n) is 21.9. The molecular formula is C43H70O16. The SMILES string of the molecule is CO[C@@H]1[C@@H](OC)[C@H](O[C@H]2C[C@H]3C[C@@H]([C@@H]4C[C@H]4C)OC(=O)C[C@@H]4O[C@@H](C[C@H](O[C@@H]5OC[C@@H](OC)[C@H](OC)[C@H]5OC)[C@H]4C)C[C@@H]([C@H]4C[C@@H]4C)OC(=O)C[C@H](O3)[C@@H]2C)OC[C@H]1O. The van der Waals surface area contributed by atoms with Gasteiger partial charge >= 0.3 is 11.9 Å². The minimum absolute atomic E-state index is 0.0233. The van der Waals surface area contributed by atoms with Crippen LogP contribution in [0.4, 0.5) is 0 Å². The number of carbonyl (C=O) groups is 2. The third-order valence-corrected chi connectivity index (χ3v) is 14.5. The number of carbonyl (C=O) groups excluding carboxylic acids is 2. The molecule has 4 bridgehead atoms. The molecule has 2 aliphatic carbocycles. The zero-order chi connectivity index (χ0) is 42.1. The summed E-state index contributed by atoms with van der Waals surface area (Å²) < 4.78 is 80.5. The minimum Gasteiger partial charge on any atom is -0.462 e. The Bertz CT molecular complexity index is 1390. The Kier molecular flexibility index (Phi) is 15.3. The van der Waals surface area contributed by atoms with E-state index < -0.39 is 73.6 Å². The van der Waals surface area contributed by atoms with Crippen LogP contribution in [0.5, 0.6) is 0 Å². The number of esters is 2. The van der Waals surface area contributed by atoms with Crippen LogP contribution in [-0.2, 0) is 71.2 Å². The molecule has 59 heavy (non-hydrogen) atoms. The average Bonchev–Trinajstić information content (AvgIpc) is 4.14. The fourth-order valence-electron chi connectivity index (χ4n) is 10.4. The molecule has 16 nitrogen and oxygen atoms in total. The van der Waals surface area contributed by atoms with E-state index in [2.05, 4.69) is 13.8 Å². The van der Waals surface area contributed by atoms with Crippen molar-refractivity contribution in [1.82, 2.24) is 0 Å². The van der Waals surface area contributed by atoms with Crippen molar-refractivity contribution in [3.8, 4) is 0 Å². The van der Waals surface area contributed by atoms with Crippen LogP contribution >= 0.6 is 0 Å². The van der Waals surface area contributed by atoms with Crippen molar-refractivity contribution in [2.24, 2.45) is 35.5 Å². The van der Waals surface area contributed by atoms with Gasteiger partial charge in [-0.15, -0.1) is 0 Å². The maximum atomic E-state index is 14.1. The number of aliphatic hydroxyl groups excluding tert-OH is 1. The van der Waals surface area contributed by atoms with Gasteiger partial charge in [0.2, 0.25) is 0 Å². The van der Waals surface area contributed by atoms with Gasteiger partial charge in [-0.2, -0.15) is 0 Å². The molecule has 5 aliphatic heterocycles. The van der Waals surface area contributed by atoms with Gasteiger partial charge in [0.15, 0.2) is 12.6 Å². The predicted molar refractivity (Wildman–Crippen MR) is 207 cm³/mol. The van der Waals surface area contributed by atoms with Crippen LogP contribution in [0.25, 0.3) is 0 Å². The highest BCUT2D eigenvalue weighted by molar-refractivity contribution is 5.71. The van der Waals surface area contributed by atoms with Crippen LogP contribution in [-0.4, -0.2) is 164 Å². The number of methoxy groups -OCH3 is 5. The molecule has 0 amide bonds. The van der Waals surface area contributed by atoms with Gasteiger partial charge in [-0.1, -0.05) is 27.7 Å². The van der Waals surface area contributed by atoms with Crippen molar-refractivity contribution < 1.29 is 76.3 Å². The molecule has 0 aromatic heterocycles. The van der Waals surface area contributed by atoms with Crippen LogP contribution in [0.3, 0.4) is 0 Å². The Morgan fingerprint density at radius 1 is 0.508 bits per heavy atom. The zero-order valence-corrected chi connectivity index (χ0v) is 36.3. The van der Waals surface area contributed by atoms with Gasteiger partial charge in [0.05, 0.1) is 62.7 Å². The number of ether oxygens (including phenoxy) is 13. The van der Waals surface area contributed by atoms with E-state index in [0.717, 1.165) is 12.8 Å². The molecule has 1 N–H and O–H groups in total. The minimum atomic E-state index is -0.870. The summed E-state index contributed by atoms with van der Waals surface area (Å²) in [6.07, 6.45) is -4.59. The first kappa shape index (κ1) is 45.5. The molecule has 0 aromatic carbocycles. The number of hydrogen-bond acceptors (Lipinski definition) is 16. The zero-order valence-electron chi connectivity index (χ0n) is 36.3. The number of fused-ring (bicyclic) bond motifs is 4. The Hall–Kier alpha value is -1.54. The van der Waals surface area contributed by atoms with E-state index in [-0.39, 0.29) is 86.1 Å². The van der Waals surface area contributed by atoms with Crippen molar-refractivity contribution in [3.05, 3.63) is 0 Å². The molecule has 5 saturated heterocycles. The third kappa shape index (κ3) is 10.5. The van der Waals surface area contributed by atoms with E-state index in [1.165, 1.54) is 14.2 Å². The molecule has 16 heteroatoms. The van der Waals surface area contributed by atoms with E-state index in [1.807, 2.05) is 13.8 Å². The summed E-state index contributed by atoms with van der Waals surface area (Å²) in [5, 5.41) is 10.5. The summed E-state index contributed by atoms with van der Waals surface area (Å²) in [4.78, 5) is 28.1. The van der Waals surface area contributed by atoms with E-state index in [0.29, 0.717) is 37.5 Å². The number of rotatable bonds is 11. The molecule has 0 aromatic rings. The van der Waals surface area contributed by atoms with Crippen LogP contribution in [0.2, 0.25) is 0 Å². The lowest BCUT2D eigenvalue weighted by Gasteiger charge is -2.46. The van der Waals surface area contributed by atoms with Gasteiger partial charge in [0.1, 0.15) is 48.8 Å². The number of hydrogen-bond donors (Lipinski definition) is 1. The third-order valence-electron chi connectivity index (χ3n) is 14.5. The van der Waals surface area contributed by atoms with Crippen molar-refractivity contribution in [1.29, 1.82) is 0 Å². The highest BCUT2D eigenvalue weighted by Gasteiger charge is 2.51. The maximum absolute atomic E-state index is 14.1. The maximum Gasteiger partial charge on any atom is 0.308 e. The van der Waals surface area contributed by atoms with E-state index in [1.54, 1.807) is 21.3 Å². The second-order valence-corrected chi connectivity index (χ2v) is 18.4. The monoisotopic (exact) mass is 842 g/mol. The Labute approximate surface area is 349 Å². The van der Waals surface area contributed by atoms with Crippen molar-refractivity contribution in [2.45, 2.75) is 177 Å².